The summed E-state index contributed by atoms with van der Waals surface area (Å²) in [5.74, 6) is -0.0135. The summed E-state index contributed by atoms with van der Waals surface area (Å²) in [6.45, 7) is 1.03. The summed E-state index contributed by atoms with van der Waals surface area (Å²) in [6, 6.07) is 25.2. The molecular formula is C25H23N5O3S. The third-order valence-electron chi connectivity index (χ3n) is 5.64. The van der Waals surface area contributed by atoms with E-state index in [1.807, 2.05) is 60.7 Å². The van der Waals surface area contributed by atoms with E-state index in [9.17, 15) is 13.2 Å². The van der Waals surface area contributed by atoms with Crippen molar-refractivity contribution in [2.75, 3.05) is 18.4 Å². The van der Waals surface area contributed by atoms with Gasteiger partial charge in [0.25, 0.3) is 5.91 Å². The summed E-state index contributed by atoms with van der Waals surface area (Å²) >= 11 is 0. The summed E-state index contributed by atoms with van der Waals surface area (Å²) < 4.78 is 28.9. The van der Waals surface area contributed by atoms with Gasteiger partial charge in [0, 0.05) is 24.3 Å². The summed E-state index contributed by atoms with van der Waals surface area (Å²) in [5, 5.41) is 7.20. The lowest BCUT2D eigenvalue weighted by molar-refractivity contribution is 0.101. The molecule has 0 radical (unpaired) electrons. The van der Waals surface area contributed by atoms with Gasteiger partial charge in [-0.05, 0) is 43.2 Å². The Bertz CT molecular complexity index is 1360. The minimum absolute atomic E-state index is 0.0180. The third-order valence-corrected chi connectivity index (χ3v) is 7.53. The molecule has 34 heavy (non-hydrogen) atoms. The average molecular weight is 474 g/mol. The van der Waals surface area contributed by atoms with E-state index in [2.05, 4.69) is 15.4 Å². The van der Waals surface area contributed by atoms with Crippen molar-refractivity contribution in [2.45, 2.75) is 17.7 Å². The summed E-state index contributed by atoms with van der Waals surface area (Å²) in [4.78, 5) is 17.7. The normalized spacial score (nSPS) is 14.2. The van der Waals surface area contributed by atoms with E-state index in [1.165, 1.54) is 10.4 Å². The van der Waals surface area contributed by atoms with Gasteiger partial charge in [-0.25, -0.2) is 18.1 Å². The number of aromatic nitrogens is 3. The molecule has 0 bridgehead atoms. The van der Waals surface area contributed by atoms with Crippen LogP contribution in [0.5, 0.6) is 0 Å². The van der Waals surface area contributed by atoms with Crippen LogP contribution in [0.25, 0.3) is 17.1 Å². The molecule has 0 spiro atoms. The number of sulfonamides is 1. The molecule has 3 aromatic carbocycles. The van der Waals surface area contributed by atoms with Crippen LogP contribution in [0.1, 0.15) is 23.5 Å². The molecule has 2 heterocycles. The summed E-state index contributed by atoms with van der Waals surface area (Å²) in [7, 11) is -3.59. The molecule has 0 saturated carbocycles. The Morgan fingerprint density at radius 3 is 2.24 bits per heavy atom. The topological polar surface area (TPSA) is 97.2 Å². The van der Waals surface area contributed by atoms with Crippen LogP contribution in [0, 0.1) is 0 Å². The zero-order valence-electron chi connectivity index (χ0n) is 18.3. The van der Waals surface area contributed by atoms with Crippen LogP contribution in [-0.4, -0.2) is 46.5 Å². The van der Waals surface area contributed by atoms with Crippen molar-refractivity contribution in [3.05, 3.63) is 90.8 Å². The number of nitrogens with zero attached hydrogens (tertiary/aromatic N) is 4. The molecular weight excluding hydrogens is 450 g/mol. The standard InChI is InChI=1S/C25H23N5O3S/c31-25(26-20-12-9-15-22(18-20)34(32,33)29-16-7-8-17-29)23-27-24(19-10-3-1-4-11-19)30(28-23)21-13-5-2-6-14-21/h1-6,9-15,18H,7-8,16-17H2,(H,26,31). The summed E-state index contributed by atoms with van der Waals surface area (Å²) in [5.41, 5.74) is 1.95. The van der Waals surface area contributed by atoms with Crippen LogP contribution in [-0.2, 0) is 10.0 Å². The Hall–Kier alpha value is -3.82. The molecule has 4 aromatic rings. The quantitative estimate of drug-likeness (QED) is 0.457. The predicted octanol–water partition coefficient (Wildman–Crippen LogP) is 3.97. The van der Waals surface area contributed by atoms with Crippen LogP contribution in [0.2, 0.25) is 0 Å². The predicted molar refractivity (Wildman–Crippen MR) is 129 cm³/mol. The van der Waals surface area contributed by atoms with Crippen molar-refractivity contribution >= 4 is 21.6 Å². The van der Waals surface area contributed by atoms with Gasteiger partial charge < -0.3 is 5.32 Å². The molecule has 1 amide bonds. The minimum Gasteiger partial charge on any atom is -0.319 e. The number of benzene rings is 3. The van der Waals surface area contributed by atoms with E-state index in [4.69, 9.17) is 0 Å². The molecule has 9 heteroatoms. The van der Waals surface area contributed by atoms with Gasteiger partial charge in [-0.2, -0.15) is 4.31 Å². The number of rotatable bonds is 6. The van der Waals surface area contributed by atoms with Gasteiger partial charge in [0.2, 0.25) is 15.8 Å². The molecule has 0 aliphatic carbocycles. The van der Waals surface area contributed by atoms with Gasteiger partial charge in [0.05, 0.1) is 10.6 Å². The van der Waals surface area contributed by atoms with E-state index < -0.39 is 15.9 Å². The first-order valence-electron chi connectivity index (χ1n) is 11.0. The number of anilines is 1. The first-order chi connectivity index (χ1) is 16.5. The summed E-state index contributed by atoms with van der Waals surface area (Å²) in [6.07, 6.45) is 1.71. The monoisotopic (exact) mass is 473 g/mol. The maximum atomic E-state index is 13.1. The second-order valence-electron chi connectivity index (χ2n) is 7.97. The van der Waals surface area contributed by atoms with Crippen molar-refractivity contribution < 1.29 is 13.2 Å². The molecule has 1 fully saturated rings. The Kier molecular flexibility index (Phi) is 5.95. The van der Waals surface area contributed by atoms with E-state index >= 15 is 0 Å². The van der Waals surface area contributed by atoms with Gasteiger partial charge >= 0.3 is 0 Å². The van der Waals surface area contributed by atoms with E-state index in [0.29, 0.717) is 24.6 Å². The van der Waals surface area contributed by atoms with Crippen molar-refractivity contribution in [3.63, 3.8) is 0 Å². The van der Waals surface area contributed by atoms with Gasteiger partial charge in [-0.1, -0.05) is 54.6 Å². The van der Waals surface area contributed by atoms with E-state index in [-0.39, 0.29) is 10.7 Å². The Morgan fingerprint density at radius 2 is 1.53 bits per heavy atom. The van der Waals surface area contributed by atoms with Crippen LogP contribution in [0.3, 0.4) is 0 Å². The van der Waals surface area contributed by atoms with Crippen molar-refractivity contribution in [1.82, 2.24) is 19.1 Å². The molecule has 1 aromatic heterocycles. The molecule has 1 N–H and O–H groups in total. The highest BCUT2D eigenvalue weighted by atomic mass is 32.2. The molecule has 5 rings (SSSR count). The number of hydrogen-bond acceptors (Lipinski definition) is 5. The van der Waals surface area contributed by atoms with Crippen LogP contribution in [0.4, 0.5) is 5.69 Å². The maximum absolute atomic E-state index is 13.1. The number of carbonyl (C=O) groups is 1. The van der Waals surface area contributed by atoms with Crippen molar-refractivity contribution in [2.24, 2.45) is 0 Å². The Morgan fingerprint density at radius 1 is 0.853 bits per heavy atom. The van der Waals surface area contributed by atoms with Crippen LogP contribution < -0.4 is 5.32 Å². The smallest absolute Gasteiger partial charge is 0.295 e. The average Bonchev–Trinajstić information content (AvgIpc) is 3.57. The van der Waals surface area contributed by atoms with Gasteiger partial charge in [0.1, 0.15) is 0 Å². The molecule has 172 valence electrons. The second kappa shape index (κ2) is 9.20. The largest absolute Gasteiger partial charge is 0.319 e. The van der Waals surface area contributed by atoms with Crippen molar-refractivity contribution in [3.8, 4) is 17.1 Å². The lowest BCUT2D eigenvalue weighted by Crippen LogP contribution is -2.28. The number of carbonyl (C=O) groups excluding carboxylic acids is 1. The molecule has 1 aliphatic heterocycles. The zero-order chi connectivity index (χ0) is 23.5. The van der Waals surface area contributed by atoms with Gasteiger partial charge in [-0.3, -0.25) is 4.79 Å². The number of amides is 1. The highest BCUT2D eigenvalue weighted by molar-refractivity contribution is 7.89. The molecule has 1 saturated heterocycles. The van der Waals surface area contributed by atoms with Crippen molar-refractivity contribution in [1.29, 1.82) is 0 Å². The highest BCUT2D eigenvalue weighted by Gasteiger charge is 2.27. The first-order valence-corrected chi connectivity index (χ1v) is 12.5. The van der Waals surface area contributed by atoms with Gasteiger partial charge in [0.15, 0.2) is 5.82 Å². The number of hydrogen-bond donors (Lipinski definition) is 1. The fourth-order valence-corrected chi connectivity index (χ4v) is 5.49. The molecule has 0 atom stereocenters. The first kappa shape index (κ1) is 22.0. The third kappa shape index (κ3) is 4.35. The van der Waals surface area contributed by atoms with Crippen LogP contribution in [0.15, 0.2) is 89.8 Å². The highest BCUT2D eigenvalue weighted by Crippen LogP contribution is 2.24. The lowest BCUT2D eigenvalue weighted by Gasteiger charge is -2.16. The second-order valence-corrected chi connectivity index (χ2v) is 9.90. The number of nitrogens with one attached hydrogen (secondary N) is 1. The lowest BCUT2D eigenvalue weighted by atomic mass is 10.2. The molecule has 1 aliphatic rings. The Balaban J connectivity index is 1.45. The molecule has 8 nitrogen and oxygen atoms in total. The van der Waals surface area contributed by atoms with Crippen LogP contribution >= 0.6 is 0 Å². The zero-order valence-corrected chi connectivity index (χ0v) is 19.1. The SMILES string of the molecule is O=C(Nc1cccc(S(=O)(=O)N2CCCC2)c1)c1nc(-c2ccccc2)n(-c2ccccc2)n1. The maximum Gasteiger partial charge on any atom is 0.295 e. The molecule has 0 unspecified atom stereocenters. The Labute approximate surface area is 197 Å². The fourth-order valence-electron chi connectivity index (χ4n) is 3.93. The fraction of sp³-hybridized carbons (Fsp3) is 0.160. The van der Waals surface area contributed by atoms with E-state index in [0.717, 1.165) is 24.1 Å². The minimum atomic E-state index is -3.59. The number of para-hydroxylation sites is 1. The van der Waals surface area contributed by atoms with E-state index in [1.54, 1.807) is 22.9 Å². The van der Waals surface area contributed by atoms with Gasteiger partial charge in [-0.15, -0.1) is 5.10 Å².